The highest BCUT2D eigenvalue weighted by Gasteiger charge is 2.18. The van der Waals surface area contributed by atoms with Crippen molar-refractivity contribution in [1.29, 1.82) is 0 Å². The van der Waals surface area contributed by atoms with Gasteiger partial charge in [-0.2, -0.15) is 0 Å². The number of pyridine rings is 1. The molecule has 136 valence electrons. The fourth-order valence-corrected chi connectivity index (χ4v) is 3.36. The number of nitrogens with zero attached hydrogens (tertiary/aromatic N) is 4. The second-order valence-corrected chi connectivity index (χ2v) is 6.83. The van der Waals surface area contributed by atoms with Crippen molar-refractivity contribution >= 4 is 35.0 Å². The number of carbonyl (C=O) groups is 1. The van der Waals surface area contributed by atoms with E-state index in [9.17, 15) is 4.79 Å². The van der Waals surface area contributed by atoms with E-state index in [2.05, 4.69) is 27.4 Å². The molecular weight excluding hydrogens is 374 g/mol. The molecule has 1 N–H and O–H groups in total. The molecule has 26 heavy (non-hydrogen) atoms. The van der Waals surface area contributed by atoms with Crippen LogP contribution in [0.5, 0.6) is 0 Å². The summed E-state index contributed by atoms with van der Waals surface area (Å²) in [6.45, 7) is 4.72. The molecule has 0 aromatic carbocycles. The summed E-state index contributed by atoms with van der Waals surface area (Å²) in [6.07, 6.45) is 4.12. The Hall–Kier alpha value is -2.32. The number of nitrogens with one attached hydrogen (secondary N) is 1. The molecule has 0 atom stereocenters. The van der Waals surface area contributed by atoms with E-state index in [4.69, 9.17) is 16.0 Å². The van der Waals surface area contributed by atoms with E-state index >= 15 is 0 Å². The number of furan rings is 1. The van der Waals surface area contributed by atoms with Gasteiger partial charge >= 0.3 is 0 Å². The maximum Gasteiger partial charge on any atom is 0.234 e. The molecule has 0 bridgehead atoms. The minimum atomic E-state index is -0.183. The maximum absolute atomic E-state index is 12.2. The van der Waals surface area contributed by atoms with Crippen LogP contribution in [-0.4, -0.2) is 31.4 Å². The Morgan fingerprint density at radius 3 is 2.92 bits per heavy atom. The molecule has 0 aliphatic rings. The van der Waals surface area contributed by atoms with Crippen LogP contribution >= 0.6 is 23.4 Å². The highest BCUT2D eigenvalue weighted by atomic mass is 35.5. The number of hydrogen-bond acceptors (Lipinski definition) is 6. The molecular formula is C17H18ClN5O2S. The number of hydrogen-bond donors (Lipinski definition) is 1. The van der Waals surface area contributed by atoms with Crippen LogP contribution in [0.25, 0.3) is 11.4 Å². The molecule has 0 radical (unpaired) electrons. The van der Waals surface area contributed by atoms with Gasteiger partial charge in [0.25, 0.3) is 0 Å². The molecule has 0 aliphatic carbocycles. The summed E-state index contributed by atoms with van der Waals surface area (Å²) < 4.78 is 7.37. The molecule has 0 aliphatic heterocycles. The van der Waals surface area contributed by atoms with Crippen LogP contribution in [0.3, 0.4) is 0 Å². The normalized spacial score (nSPS) is 10.9. The van der Waals surface area contributed by atoms with Crippen LogP contribution in [0.2, 0.25) is 5.15 Å². The first-order valence-corrected chi connectivity index (χ1v) is 9.47. The van der Waals surface area contributed by atoms with Crippen molar-refractivity contribution in [2.45, 2.75) is 32.0 Å². The predicted molar refractivity (Wildman–Crippen MR) is 101 cm³/mol. The number of carbonyl (C=O) groups excluding carboxylic acids is 1. The SMILES string of the molecule is CCCn1c(SCC(=O)Nc2cccnc2Cl)nnc1-c1ccoc1C. The number of halogens is 1. The Morgan fingerprint density at radius 2 is 2.23 bits per heavy atom. The molecule has 0 spiro atoms. The van der Waals surface area contributed by atoms with Gasteiger partial charge in [0.05, 0.1) is 23.3 Å². The second kappa shape index (κ2) is 8.37. The van der Waals surface area contributed by atoms with Crippen molar-refractivity contribution < 1.29 is 9.21 Å². The van der Waals surface area contributed by atoms with Crippen LogP contribution in [0, 0.1) is 6.92 Å². The Morgan fingerprint density at radius 1 is 1.38 bits per heavy atom. The van der Waals surface area contributed by atoms with E-state index in [1.807, 2.05) is 17.6 Å². The molecule has 0 saturated carbocycles. The highest BCUT2D eigenvalue weighted by Crippen LogP contribution is 2.27. The molecule has 0 saturated heterocycles. The predicted octanol–water partition coefficient (Wildman–Crippen LogP) is 4.04. The van der Waals surface area contributed by atoms with Gasteiger partial charge < -0.3 is 14.3 Å². The average Bonchev–Trinajstić information content (AvgIpc) is 3.21. The van der Waals surface area contributed by atoms with Crippen LogP contribution in [-0.2, 0) is 11.3 Å². The highest BCUT2D eigenvalue weighted by molar-refractivity contribution is 7.99. The van der Waals surface area contributed by atoms with E-state index in [1.54, 1.807) is 24.6 Å². The average molecular weight is 392 g/mol. The summed E-state index contributed by atoms with van der Waals surface area (Å²) in [5, 5.41) is 12.2. The van der Waals surface area contributed by atoms with Crippen molar-refractivity contribution in [3.05, 3.63) is 41.6 Å². The number of aromatic nitrogens is 4. The molecule has 3 heterocycles. The quantitative estimate of drug-likeness (QED) is 0.483. The second-order valence-electron chi connectivity index (χ2n) is 5.53. The summed E-state index contributed by atoms with van der Waals surface area (Å²) in [4.78, 5) is 16.1. The lowest BCUT2D eigenvalue weighted by Gasteiger charge is -2.09. The number of thioether (sulfide) groups is 1. The fraction of sp³-hybridized carbons (Fsp3) is 0.294. The van der Waals surface area contributed by atoms with E-state index in [0.29, 0.717) is 10.8 Å². The molecule has 0 fully saturated rings. The minimum Gasteiger partial charge on any atom is -0.469 e. The van der Waals surface area contributed by atoms with Crippen molar-refractivity contribution in [1.82, 2.24) is 19.7 Å². The third-order valence-electron chi connectivity index (χ3n) is 3.63. The minimum absolute atomic E-state index is 0.183. The maximum atomic E-state index is 12.2. The van der Waals surface area contributed by atoms with Crippen LogP contribution < -0.4 is 5.32 Å². The standard InChI is InChI=1S/C17H18ClN5O2S/c1-3-8-23-16(12-6-9-25-11(12)2)21-22-17(23)26-10-14(24)20-13-5-4-7-19-15(13)18/h4-7,9H,3,8,10H2,1-2H3,(H,20,24). The van der Waals surface area contributed by atoms with Gasteiger partial charge in [-0.3, -0.25) is 4.79 Å². The Kier molecular flexibility index (Phi) is 5.95. The van der Waals surface area contributed by atoms with E-state index in [0.717, 1.165) is 30.1 Å². The van der Waals surface area contributed by atoms with Crippen molar-refractivity contribution in [3.8, 4) is 11.4 Å². The summed E-state index contributed by atoms with van der Waals surface area (Å²) in [7, 11) is 0. The molecule has 3 rings (SSSR count). The zero-order chi connectivity index (χ0) is 18.5. The summed E-state index contributed by atoms with van der Waals surface area (Å²) >= 11 is 7.29. The van der Waals surface area contributed by atoms with Gasteiger partial charge in [0.15, 0.2) is 16.1 Å². The van der Waals surface area contributed by atoms with Gasteiger partial charge in [0.1, 0.15) is 5.76 Å². The summed E-state index contributed by atoms with van der Waals surface area (Å²) in [6, 6.07) is 5.29. The Bertz CT molecular complexity index is 908. The number of aryl methyl sites for hydroxylation is 1. The lowest BCUT2D eigenvalue weighted by Crippen LogP contribution is -2.15. The van der Waals surface area contributed by atoms with Gasteiger partial charge in [-0.15, -0.1) is 10.2 Å². The van der Waals surface area contributed by atoms with Crippen molar-refractivity contribution in [3.63, 3.8) is 0 Å². The zero-order valence-corrected chi connectivity index (χ0v) is 16.0. The summed E-state index contributed by atoms with van der Waals surface area (Å²) in [5.41, 5.74) is 1.40. The molecule has 1 amide bonds. The zero-order valence-electron chi connectivity index (χ0n) is 14.4. The van der Waals surface area contributed by atoms with E-state index in [-0.39, 0.29) is 16.8 Å². The largest absolute Gasteiger partial charge is 0.469 e. The first-order valence-electron chi connectivity index (χ1n) is 8.11. The van der Waals surface area contributed by atoms with Gasteiger partial charge in [-0.05, 0) is 31.5 Å². The smallest absolute Gasteiger partial charge is 0.234 e. The molecule has 3 aromatic rings. The van der Waals surface area contributed by atoms with Gasteiger partial charge in [-0.25, -0.2) is 4.98 Å². The Balaban J connectivity index is 1.72. The number of amides is 1. The van der Waals surface area contributed by atoms with Gasteiger partial charge in [-0.1, -0.05) is 30.3 Å². The monoisotopic (exact) mass is 391 g/mol. The third-order valence-corrected chi connectivity index (χ3v) is 4.90. The van der Waals surface area contributed by atoms with E-state index < -0.39 is 0 Å². The molecule has 0 unspecified atom stereocenters. The van der Waals surface area contributed by atoms with Gasteiger partial charge in [0, 0.05) is 12.7 Å². The van der Waals surface area contributed by atoms with Crippen LogP contribution in [0.4, 0.5) is 5.69 Å². The molecule has 7 nitrogen and oxygen atoms in total. The third kappa shape index (κ3) is 4.08. The molecule has 9 heteroatoms. The first kappa shape index (κ1) is 18.5. The topological polar surface area (TPSA) is 85.8 Å². The first-order chi connectivity index (χ1) is 12.6. The summed E-state index contributed by atoms with van der Waals surface area (Å²) in [5.74, 6) is 1.54. The van der Waals surface area contributed by atoms with Crippen LogP contribution in [0.15, 0.2) is 40.2 Å². The van der Waals surface area contributed by atoms with Crippen LogP contribution in [0.1, 0.15) is 19.1 Å². The lowest BCUT2D eigenvalue weighted by molar-refractivity contribution is -0.113. The van der Waals surface area contributed by atoms with Crippen molar-refractivity contribution in [2.75, 3.05) is 11.1 Å². The van der Waals surface area contributed by atoms with Crippen molar-refractivity contribution in [2.24, 2.45) is 0 Å². The van der Waals surface area contributed by atoms with E-state index in [1.165, 1.54) is 11.8 Å². The molecule has 3 aromatic heterocycles. The Labute approximate surface area is 160 Å². The fourth-order valence-electron chi connectivity index (χ4n) is 2.43. The lowest BCUT2D eigenvalue weighted by atomic mass is 10.2. The van der Waals surface area contributed by atoms with Gasteiger partial charge in [0.2, 0.25) is 5.91 Å². The number of anilines is 1. The number of rotatable bonds is 7.